The molecule has 88 valence electrons. The molecule has 0 spiro atoms. The van der Waals surface area contributed by atoms with Crippen molar-refractivity contribution in [3.63, 3.8) is 0 Å². The van der Waals surface area contributed by atoms with E-state index >= 15 is 0 Å². The number of ether oxygens (including phenoxy) is 1. The Morgan fingerprint density at radius 3 is 2.27 bits per heavy atom. The van der Waals surface area contributed by atoms with Gasteiger partial charge in [0, 0.05) is 12.8 Å². The van der Waals surface area contributed by atoms with Crippen LogP contribution in [0.1, 0.15) is 32.6 Å². The second-order valence-electron chi connectivity index (χ2n) is 3.05. The van der Waals surface area contributed by atoms with Crippen LogP contribution < -0.4 is 0 Å². The van der Waals surface area contributed by atoms with Crippen molar-refractivity contribution in [2.45, 2.75) is 38.5 Å². The molecule has 4 nitrogen and oxygen atoms in total. The average Bonchev–Trinajstić information content (AvgIpc) is 2.13. The van der Waals surface area contributed by atoms with Gasteiger partial charge in [0.1, 0.15) is 0 Å². The number of carbonyl (C=O) groups excluding carboxylic acids is 1. The van der Waals surface area contributed by atoms with Crippen molar-refractivity contribution in [3.8, 4) is 0 Å². The smallest absolute Gasteiger partial charge is 0.305 e. The Morgan fingerprint density at radius 1 is 1.27 bits per heavy atom. The van der Waals surface area contributed by atoms with Crippen molar-refractivity contribution in [2.75, 3.05) is 6.61 Å². The Labute approximate surface area is 86.2 Å². The van der Waals surface area contributed by atoms with Crippen LogP contribution in [0, 0.1) is 0 Å². The normalized spacial score (nSPS) is 11.1. The summed E-state index contributed by atoms with van der Waals surface area (Å²) in [5.41, 5.74) is 0. The van der Waals surface area contributed by atoms with Crippen molar-refractivity contribution in [3.05, 3.63) is 0 Å². The fraction of sp³-hybridized carbons (Fsp3) is 0.778. The number of aliphatic carboxylic acids is 1. The number of esters is 1. The van der Waals surface area contributed by atoms with E-state index in [2.05, 4.69) is 4.74 Å². The third kappa shape index (κ3) is 7.84. The number of carboxylic acids is 1. The summed E-state index contributed by atoms with van der Waals surface area (Å²) >= 11 is 0. The number of halogens is 2. The van der Waals surface area contributed by atoms with Crippen LogP contribution in [0.2, 0.25) is 0 Å². The standard InChI is InChI=1S/C9H14F2O4/c1-2-15-8(14)4-6-9(10,11)5-3-7(12)13/h2-6H2,1H3,(H,12,13). The molecule has 0 aliphatic rings. The van der Waals surface area contributed by atoms with Gasteiger partial charge < -0.3 is 9.84 Å². The zero-order chi connectivity index (χ0) is 11.9. The minimum absolute atomic E-state index is 0.152. The van der Waals surface area contributed by atoms with Crippen molar-refractivity contribution in [1.29, 1.82) is 0 Å². The lowest BCUT2D eigenvalue weighted by Crippen LogP contribution is -2.20. The summed E-state index contributed by atoms with van der Waals surface area (Å²) in [5.74, 6) is -5.08. The predicted molar refractivity (Wildman–Crippen MR) is 47.7 cm³/mol. The fourth-order valence-electron chi connectivity index (χ4n) is 0.933. The van der Waals surface area contributed by atoms with Gasteiger partial charge in [0.15, 0.2) is 0 Å². The molecule has 0 fully saturated rings. The molecule has 0 rings (SSSR count). The number of alkyl halides is 2. The highest BCUT2D eigenvalue weighted by atomic mass is 19.3. The molecule has 0 radical (unpaired) electrons. The van der Waals surface area contributed by atoms with Gasteiger partial charge in [-0.25, -0.2) is 8.78 Å². The van der Waals surface area contributed by atoms with E-state index in [1.807, 2.05) is 0 Å². The van der Waals surface area contributed by atoms with Crippen molar-refractivity contribution in [2.24, 2.45) is 0 Å². The molecule has 6 heteroatoms. The Hall–Kier alpha value is -1.20. The maximum absolute atomic E-state index is 12.9. The van der Waals surface area contributed by atoms with Crippen LogP contribution in [-0.2, 0) is 14.3 Å². The number of hydrogen-bond acceptors (Lipinski definition) is 3. The Bertz CT molecular complexity index is 228. The fourth-order valence-corrected chi connectivity index (χ4v) is 0.933. The SMILES string of the molecule is CCOC(=O)CCC(F)(F)CCC(=O)O. The molecular weight excluding hydrogens is 210 g/mol. The van der Waals surface area contributed by atoms with Gasteiger partial charge in [-0.1, -0.05) is 0 Å². The molecule has 0 saturated carbocycles. The minimum atomic E-state index is -3.12. The quantitative estimate of drug-likeness (QED) is 0.670. The summed E-state index contributed by atoms with van der Waals surface area (Å²) in [5, 5.41) is 8.21. The Kier molecular flexibility index (Phi) is 5.81. The van der Waals surface area contributed by atoms with Crippen LogP contribution in [0.5, 0.6) is 0 Å². The van der Waals surface area contributed by atoms with Crippen molar-refractivity contribution in [1.82, 2.24) is 0 Å². The van der Waals surface area contributed by atoms with Gasteiger partial charge in [0.25, 0.3) is 0 Å². The lowest BCUT2D eigenvalue weighted by molar-refractivity contribution is -0.145. The summed E-state index contributed by atoms with van der Waals surface area (Å²) < 4.78 is 30.3. The first-order chi connectivity index (χ1) is 6.87. The first kappa shape index (κ1) is 13.8. The maximum Gasteiger partial charge on any atom is 0.305 e. The van der Waals surface area contributed by atoms with Crippen LogP contribution in [-0.4, -0.2) is 29.6 Å². The predicted octanol–water partition coefficient (Wildman–Crippen LogP) is 1.83. The molecule has 0 aliphatic carbocycles. The first-order valence-electron chi connectivity index (χ1n) is 4.62. The summed E-state index contributed by atoms with van der Waals surface area (Å²) in [6.07, 6.45) is -2.41. The van der Waals surface area contributed by atoms with E-state index in [9.17, 15) is 18.4 Å². The third-order valence-electron chi connectivity index (χ3n) is 1.70. The zero-order valence-corrected chi connectivity index (χ0v) is 8.46. The van der Waals surface area contributed by atoms with Gasteiger partial charge in [-0.2, -0.15) is 0 Å². The molecule has 0 aromatic carbocycles. The summed E-state index contributed by atoms with van der Waals surface area (Å²) in [7, 11) is 0. The van der Waals surface area contributed by atoms with E-state index in [0.29, 0.717) is 0 Å². The van der Waals surface area contributed by atoms with E-state index in [1.54, 1.807) is 6.92 Å². The minimum Gasteiger partial charge on any atom is -0.481 e. The maximum atomic E-state index is 12.9. The van der Waals surface area contributed by atoms with Crippen LogP contribution in [0.4, 0.5) is 8.78 Å². The summed E-state index contributed by atoms with van der Waals surface area (Å²) in [6.45, 7) is 1.74. The third-order valence-corrected chi connectivity index (χ3v) is 1.70. The Balaban J connectivity index is 3.82. The molecule has 0 saturated heterocycles. The summed E-state index contributed by atoms with van der Waals surface area (Å²) in [6, 6.07) is 0. The van der Waals surface area contributed by atoms with E-state index in [-0.39, 0.29) is 13.0 Å². The van der Waals surface area contributed by atoms with Crippen LogP contribution in [0.3, 0.4) is 0 Å². The molecular formula is C9H14F2O4. The van der Waals surface area contributed by atoms with Crippen molar-refractivity contribution < 1.29 is 28.2 Å². The van der Waals surface area contributed by atoms with Gasteiger partial charge in [-0.15, -0.1) is 0 Å². The van der Waals surface area contributed by atoms with E-state index < -0.39 is 37.1 Å². The summed E-state index contributed by atoms with van der Waals surface area (Å²) in [4.78, 5) is 20.8. The van der Waals surface area contributed by atoms with Crippen molar-refractivity contribution >= 4 is 11.9 Å². The number of carbonyl (C=O) groups is 2. The largest absolute Gasteiger partial charge is 0.481 e. The molecule has 0 aromatic heterocycles. The molecule has 0 bridgehead atoms. The van der Waals surface area contributed by atoms with E-state index in [1.165, 1.54) is 0 Å². The molecule has 0 heterocycles. The van der Waals surface area contributed by atoms with Crippen LogP contribution in [0.15, 0.2) is 0 Å². The van der Waals surface area contributed by atoms with Gasteiger partial charge >= 0.3 is 11.9 Å². The van der Waals surface area contributed by atoms with Gasteiger partial charge in [0.2, 0.25) is 5.92 Å². The molecule has 0 aliphatic heterocycles. The van der Waals surface area contributed by atoms with Gasteiger partial charge in [0.05, 0.1) is 19.4 Å². The second-order valence-corrected chi connectivity index (χ2v) is 3.05. The number of rotatable bonds is 7. The molecule has 0 atom stereocenters. The zero-order valence-electron chi connectivity index (χ0n) is 8.46. The average molecular weight is 224 g/mol. The molecule has 0 amide bonds. The lowest BCUT2D eigenvalue weighted by atomic mass is 10.1. The van der Waals surface area contributed by atoms with Gasteiger partial charge in [-0.05, 0) is 6.92 Å². The number of carboxylic acid groups (broad SMARTS) is 1. The highest BCUT2D eigenvalue weighted by Gasteiger charge is 2.30. The topological polar surface area (TPSA) is 63.6 Å². The first-order valence-corrected chi connectivity index (χ1v) is 4.62. The lowest BCUT2D eigenvalue weighted by Gasteiger charge is -2.14. The van der Waals surface area contributed by atoms with Crippen LogP contribution in [0.25, 0.3) is 0 Å². The monoisotopic (exact) mass is 224 g/mol. The highest BCUT2D eigenvalue weighted by Crippen LogP contribution is 2.26. The van der Waals surface area contributed by atoms with Gasteiger partial charge in [-0.3, -0.25) is 9.59 Å². The molecule has 0 aromatic rings. The van der Waals surface area contributed by atoms with Crippen LogP contribution >= 0.6 is 0 Å². The highest BCUT2D eigenvalue weighted by molar-refractivity contribution is 5.69. The van der Waals surface area contributed by atoms with E-state index in [0.717, 1.165) is 0 Å². The van der Waals surface area contributed by atoms with E-state index in [4.69, 9.17) is 5.11 Å². The molecule has 0 unspecified atom stereocenters. The second kappa shape index (κ2) is 6.31. The Morgan fingerprint density at radius 2 is 1.80 bits per heavy atom. The molecule has 1 N–H and O–H groups in total. The number of hydrogen-bond donors (Lipinski definition) is 1. The molecule has 15 heavy (non-hydrogen) atoms.